The van der Waals surface area contributed by atoms with Gasteiger partial charge in [-0.05, 0) is 19.3 Å². The van der Waals surface area contributed by atoms with Crippen molar-refractivity contribution in [2.75, 3.05) is 19.8 Å². The first-order valence-electron chi connectivity index (χ1n) is 8.54. The van der Waals surface area contributed by atoms with Gasteiger partial charge in [0.05, 0.1) is 6.67 Å². The molecule has 1 aromatic rings. The Bertz CT molecular complexity index is 733. The van der Waals surface area contributed by atoms with E-state index in [1.54, 1.807) is 0 Å². The molecule has 6 heteroatoms. The van der Waals surface area contributed by atoms with Crippen LogP contribution in [0.25, 0.3) is 0 Å². The van der Waals surface area contributed by atoms with E-state index in [1.165, 1.54) is 5.70 Å². The highest BCUT2D eigenvalue weighted by atomic mass is 19.1. The van der Waals surface area contributed by atoms with Gasteiger partial charge in [0.15, 0.2) is 0 Å². The lowest BCUT2D eigenvalue weighted by molar-refractivity contribution is -0.0728. The first-order chi connectivity index (χ1) is 12.1. The van der Waals surface area contributed by atoms with Crippen LogP contribution in [-0.4, -0.2) is 40.7 Å². The summed E-state index contributed by atoms with van der Waals surface area (Å²) in [5.74, 6) is -2.52. The molecule has 3 unspecified atom stereocenters. The maximum atomic E-state index is 14.1. The van der Waals surface area contributed by atoms with Crippen molar-refractivity contribution in [3.63, 3.8) is 0 Å². The number of hydrogen-bond acceptors (Lipinski definition) is 3. The van der Waals surface area contributed by atoms with Crippen molar-refractivity contribution in [3.8, 4) is 0 Å². The minimum Gasteiger partial charge on any atom is -0.284 e. The van der Waals surface area contributed by atoms with Gasteiger partial charge >= 0.3 is 0 Å². The van der Waals surface area contributed by atoms with E-state index in [4.69, 9.17) is 0 Å². The van der Waals surface area contributed by atoms with Gasteiger partial charge in [-0.1, -0.05) is 24.3 Å². The Hall–Kier alpha value is -2.05. The molecule has 0 amide bonds. The van der Waals surface area contributed by atoms with Gasteiger partial charge in [-0.25, -0.2) is 13.2 Å². The predicted octanol–water partition coefficient (Wildman–Crippen LogP) is 3.57. The highest BCUT2D eigenvalue weighted by molar-refractivity contribution is 5.23. The molecule has 0 aliphatic carbocycles. The molecule has 2 bridgehead atoms. The maximum absolute atomic E-state index is 14.1. The molecule has 1 fully saturated rings. The third kappa shape index (κ3) is 3.24. The number of hydrazine groups is 1. The Morgan fingerprint density at radius 3 is 2.64 bits per heavy atom. The van der Waals surface area contributed by atoms with Gasteiger partial charge < -0.3 is 0 Å². The Morgan fingerprint density at radius 1 is 1.04 bits per heavy atom. The van der Waals surface area contributed by atoms with E-state index in [-0.39, 0.29) is 18.0 Å². The Labute approximate surface area is 145 Å². The van der Waals surface area contributed by atoms with Crippen molar-refractivity contribution < 1.29 is 13.2 Å². The summed E-state index contributed by atoms with van der Waals surface area (Å²) in [5, 5.41) is 4.25. The zero-order valence-corrected chi connectivity index (χ0v) is 13.8. The second kappa shape index (κ2) is 6.69. The lowest BCUT2D eigenvalue weighted by Crippen LogP contribution is -2.58. The Morgan fingerprint density at radius 2 is 1.84 bits per heavy atom. The molecular formula is C19H20F3N3. The quantitative estimate of drug-likeness (QED) is 0.758. The van der Waals surface area contributed by atoms with Crippen LogP contribution in [0.1, 0.15) is 18.4 Å². The summed E-state index contributed by atoms with van der Waals surface area (Å²) < 4.78 is 41.5. The van der Waals surface area contributed by atoms with Gasteiger partial charge in [0, 0.05) is 48.7 Å². The number of benzene rings is 1. The normalized spacial score (nSPS) is 28.2. The molecule has 0 saturated carbocycles. The van der Waals surface area contributed by atoms with Crippen LogP contribution in [-0.2, 0) is 6.42 Å². The van der Waals surface area contributed by atoms with Crippen LogP contribution in [0.3, 0.4) is 0 Å². The van der Waals surface area contributed by atoms with Crippen molar-refractivity contribution in [2.45, 2.75) is 25.3 Å². The van der Waals surface area contributed by atoms with Gasteiger partial charge in [0.1, 0.15) is 17.5 Å². The molecule has 1 aromatic carbocycles. The van der Waals surface area contributed by atoms with Crippen LogP contribution >= 0.6 is 0 Å². The fourth-order valence-corrected chi connectivity index (χ4v) is 3.70. The molecule has 3 heterocycles. The van der Waals surface area contributed by atoms with Gasteiger partial charge in [-0.2, -0.15) is 5.01 Å². The van der Waals surface area contributed by atoms with Crippen molar-refractivity contribution in [2.24, 2.45) is 0 Å². The average Bonchev–Trinajstić information content (AvgIpc) is 2.57. The average molecular weight is 347 g/mol. The first-order valence-corrected chi connectivity index (χ1v) is 8.54. The highest BCUT2D eigenvalue weighted by Gasteiger charge is 2.33. The summed E-state index contributed by atoms with van der Waals surface area (Å²) in [6.45, 7) is 2.41. The number of fused-ring (bicyclic) bond motifs is 4. The van der Waals surface area contributed by atoms with Crippen LogP contribution in [0, 0.1) is 17.5 Å². The number of halogens is 3. The van der Waals surface area contributed by atoms with Crippen molar-refractivity contribution >= 4 is 0 Å². The molecule has 0 aromatic heterocycles. The van der Waals surface area contributed by atoms with Gasteiger partial charge in [0.25, 0.3) is 0 Å². The fraction of sp³-hybridized carbons (Fsp3) is 0.368. The topological polar surface area (TPSA) is 9.72 Å². The molecule has 1 saturated heterocycles. The molecule has 4 rings (SSSR count). The number of allylic oxidation sites excluding steroid dienone is 2. The summed E-state index contributed by atoms with van der Waals surface area (Å²) in [7, 11) is 0. The lowest BCUT2D eigenvalue weighted by Gasteiger charge is -2.49. The van der Waals surface area contributed by atoms with Gasteiger partial charge in [0.2, 0.25) is 0 Å². The molecule has 3 atom stereocenters. The van der Waals surface area contributed by atoms with Crippen LogP contribution in [0.15, 0.2) is 48.3 Å². The van der Waals surface area contributed by atoms with E-state index in [0.717, 1.165) is 31.6 Å². The number of nitrogens with zero attached hydrogens (tertiary/aromatic N) is 3. The predicted molar refractivity (Wildman–Crippen MR) is 89.5 cm³/mol. The molecule has 0 spiro atoms. The number of rotatable bonds is 2. The highest BCUT2D eigenvalue weighted by Crippen LogP contribution is 2.29. The minimum atomic E-state index is -0.885. The van der Waals surface area contributed by atoms with E-state index in [0.29, 0.717) is 13.1 Å². The molecule has 0 N–H and O–H groups in total. The molecule has 25 heavy (non-hydrogen) atoms. The second-order valence-corrected chi connectivity index (χ2v) is 6.67. The van der Waals surface area contributed by atoms with Crippen LogP contribution in [0.5, 0.6) is 0 Å². The largest absolute Gasteiger partial charge is 0.284 e. The Kier molecular flexibility index (Phi) is 4.39. The van der Waals surface area contributed by atoms with E-state index in [1.807, 2.05) is 6.20 Å². The van der Waals surface area contributed by atoms with Crippen LogP contribution in [0.2, 0.25) is 0 Å². The summed E-state index contributed by atoms with van der Waals surface area (Å²) in [6, 6.07) is 1.40. The van der Waals surface area contributed by atoms with Gasteiger partial charge in [-0.3, -0.25) is 9.91 Å². The standard InChI is InChI=1S/C19H20F3N3/c20-14-9-18(21)17(19(22)10-14)11-15-5-1-3-7-23-12-16-6-2-4-8-24(16)25(15)13-23/h1,3-4,6,8-10,15H,2,5,7,11-13H2. The van der Waals surface area contributed by atoms with Crippen molar-refractivity contribution in [1.29, 1.82) is 0 Å². The third-order valence-electron chi connectivity index (χ3n) is 4.94. The fourth-order valence-electron chi connectivity index (χ4n) is 3.70. The van der Waals surface area contributed by atoms with E-state index < -0.39 is 17.5 Å². The summed E-state index contributed by atoms with van der Waals surface area (Å²) >= 11 is 0. The zero-order chi connectivity index (χ0) is 17.4. The monoisotopic (exact) mass is 347 g/mol. The van der Waals surface area contributed by atoms with E-state index in [9.17, 15) is 13.2 Å². The summed E-state index contributed by atoms with van der Waals surface area (Å²) in [4.78, 5) is 2.29. The maximum Gasteiger partial charge on any atom is 0.132 e. The smallest absolute Gasteiger partial charge is 0.132 e. The molecule has 132 valence electrons. The zero-order valence-electron chi connectivity index (χ0n) is 13.8. The lowest BCUT2D eigenvalue weighted by atomic mass is 10.00. The van der Waals surface area contributed by atoms with E-state index in [2.05, 4.69) is 39.2 Å². The van der Waals surface area contributed by atoms with E-state index >= 15 is 0 Å². The molecule has 3 nitrogen and oxygen atoms in total. The van der Waals surface area contributed by atoms with Crippen LogP contribution < -0.4 is 0 Å². The first kappa shape index (κ1) is 16.4. The summed E-state index contributed by atoms with van der Waals surface area (Å²) in [5.41, 5.74) is 1.14. The number of hydrogen-bond donors (Lipinski definition) is 0. The minimum absolute atomic E-state index is 0.0518. The molecule has 0 radical (unpaired) electrons. The Balaban J connectivity index is 1.66. The molecule has 3 aliphatic rings. The third-order valence-corrected chi connectivity index (χ3v) is 4.94. The second-order valence-electron chi connectivity index (χ2n) is 6.67. The molecular weight excluding hydrogens is 327 g/mol. The van der Waals surface area contributed by atoms with Crippen LogP contribution in [0.4, 0.5) is 13.2 Å². The van der Waals surface area contributed by atoms with Gasteiger partial charge in [-0.15, -0.1) is 0 Å². The van der Waals surface area contributed by atoms with Crippen molar-refractivity contribution in [1.82, 2.24) is 14.9 Å². The summed E-state index contributed by atoms with van der Waals surface area (Å²) in [6.07, 6.45) is 12.2. The molecule has 3 aliphatic heterocycles. The van der Waals surface area contributed by atoms with Crippen molar-refractivity contribution in [3.05, 3.63) is 71.3 Å². The SMILES string of the molecule is Fc1cc(F)c(CC2CC=CCN3CC4=CCC=CN4N2C3)c(F)c1.